The van der Waals surface area contributed by atoms with Crippen LogP contribution in [0.3, 0.4) is 0 Å². The van der Waals surface area contributed by atoms with E-state index in [4.69, 9.17) is 0 Å². The minimum atomic E-state index is -0.173. The monoisotopic (exact) mass is 282 g/mol. The largest absolute Gasteiger partial charge is 0.394 e. The van der Waals surface area contributed by atoms with Crippen molar-refractivity contribution in [1.29, 1.82) is 0 Å². The summed E-state index contributed by atoms with van der Waals surface area (Å²) in [6, 6.07) is -0.173. The molecular weight excluding hydrogens is 256 g/mol. The summed E-state index contributed by atoms with van der Waals surface area (Å²) in [4.78, 5) is 26.0. The molecule has 0 radical (unpaired) electrons. The lowest BCUT2D eigenvalue weighted by Gasteiger charge is -2.32. The Morgan fingerprint density at radius 3 is 2.20 bits per heavy atom. The van der Waals surface area contributed by atoms with E-state index in [1.54, 1.807) is 0 Å². The van der Waals surface area contributed by atoms with Gasteiger partial charge in [-0.05, 0) is 31.6 Å². The molecule has 1 aliphatic heterocycles. The molecule has 2 N–H and O–H groups in total. The van der Waals surface area contributed by atoms with Crippen LogP contribution in [0.1, 0.15) is 39.5 Å². The van der Waals surface area contributed by atoms with Gasteiger partial charge in [-0.1, -0.05) is 13.8 Å². The van der Waals surface area contributed by atoms with E-state index in [1.807, 2.05) is 18.7 Å². The van der Waals surface area contributed by atoms with Crippen LogP contribution in [0.4, 0.5) is 0 Å². The Kier molecular flexibility index (Phi) is 5.02. The molecule has 0 spiro atoms. The molecule has 0 aromatic rings. The molecule has 2 amide bonds. The number of amides is 2. The van der Waals surface area contributed by atoms with Crippen LogP contribution in [0.5, 0.6) is 0 Å². The number of carbonyl (C=O) groups is 2. The van der Waals surface area contributed by atoms with E-state index in [0.717, 1.165) is 25.7 Å². The Balaban J connectivity index is 1.77. The van der Waals surface area contributed by atoms with Crippen molar-refractivity contribution in [3.63, 3.8) is 0 Å². The van der Waals surface area contributed by atoms with Crippen molar-refractivity contribution >= 4 is 11.8 Å². The van der Waals surface area contributed by atoms with Crippen LogP contribution < -0.4 is 5.32 Å². The lowest BCUT2D eigenvalue weighted by molar-refractivity contribution is -0.137. The van der Waals surface area contributed by atoms with Crippen molar-refractivity contribution in [2.24, 2.45) is 17.8 Å². The van der Waals surface area contributed by atoms with Gasteiger partial charge in [-0.15, -0.1) is 0 Å². The van der Waals surface area contributed by atoms with Gasteiger partial charge in [0.05, 0.1) is 12.6 Å². The molecule has 0 aromatic carbocycles. The number of likely N-dealkylation sites (tertiary alicyclic amines) is 1. The van der Waals surface area contributed by atoms with Gasteiger partial charge in [0.25, 0.3) is 0 Å². The molecule has 1 saturated heterocycles. The summed E-state index contributed by atoms with van der Waals surface area (Å²) in [5.41, 5.74) is 0. The molecule has 1 aliphatic carbocycles. The number of rotatable bonds is 5. The van der Waals surface area contributed by atoms with Gasteiger partial charge in [0, 0.05) is 24.9 Å². The van der Waals surface area contributed by atoms with Crippen molar-refractivity contribution in [2.75, 3.05) is 19.7 Å². The highest BCUT2D eigenvalue weighted by Crippen LogP contribution is 2.32. The van der Waals surface area contributed by atoms with Gasteiger partial charge in [0.15, 0.2) is 0 Å². The Morgan fingerprint density at radius 1 is 1.15 bits per heavy atom. The normalized spacial score (nSPS) is 21.9. The average molecular weight is 282 g/mol. The number of nitrogens with one attached hydrogen (secondary N) is 1. The summed E-state index contributed by atoms with van der Waals surface area (Å²) >= 11 is 0. The van der Waals surface area contributed by atoms with Gasteiger partial charge >= 0.3 is 0 Å². The zero-order chi connectivity index (χ0) is 14.7. The van der Waals surface area contributed by atoms with Gasteiger partial charge in [-0.3, -0.25) is 9.59 Å². The first-order valence-electron chi connectivity index (χ1n) is 7.73. The van der Waals surface area contributed by atoms with E-state index in [-0.39, 0.29) is 42.2 Å². The Bertz CT molecular complexity index is 358. The van der Waals surface area contributed by atoms with Crippen molar-refractivity contribution in [3.8, 4) is 0 Å². The van der Waals surface area contributed by atoms with Crippen molar-refractivity contribution in [2.45, 2.75) is 45.6 Å². The van der Waals surface area contributed by atoms with E-state index in [2.05, 4.69) is 5.32 Å². The first-order valence-corrected chi connectivity index (χ1v) is 7.73. The molecule has 2 rings (SSSR count). The Morgan fingerprint density at radius 2 is 1.75 bits per heavy atom. The molecule has 1 saturated carbocycles. The summed E-state index contributed by atoms with van der Waals surface area (Å²) in [6.45, 7) is 5.33. The van der Waals surface area contributed by atoms with Crippen LogP contribution in [0.15, 0.2) is 0 Å². The number of nitrogens with zero attached hydrogens (tertiary/aromatic N) is 1. The average Bonchev–Trinajstić information content (AvgIpc) is 3.28. The van der Waals surface area contributed by atoms with E-state index >= 15 is 0 Å². The van der Waals surface area contributed by atoms with Gasteiger partial charge in [0.1, 0.15) is 0 Å². The fraction of sp³-hybridized carbons (Fsp3) is 0.867. The van der Waals surface area contributed by atoms with Crippen LogP contribution in [-0.2, 0) is 9.59 Å². The summed E-state index contributed by atoms with van der Waals surface area (Å²) < 4.78 is 0. The highest BCUT2D eigenvalue weighted by Gasteiger charge is 2.36. The molecule has 0 bridgehead atoms. The first kappa shape index (κ1) is 15.3. The third kappa shape index (κ3) is 3.72. The second-order valence-electron chi connectivity index (χ2n) is 6.42. The second-order valence-corrected chi connectivity index (χ2v) is 6.42. The quantitative estimate of drug-likeness (QED) is 0.782. The highest BCUT2D eigenvalue weighted by molar-refractivity contribution is 5.82. The van der Waals surface area contributed by atoms with Gasteiger partial charge in [0.2, 0.25) is 11.8 Å². The molecule has 1 atom stereocenters. The molecule has 20 heavy (non-hydrogen) atoms. The maximum absolute atomic E-state index is 12.2. The molecule has 2 aliphatic rings. The number of carbonyl (C=O) groups excluding carboxylic acids is 2. The van der Waals surface area contributed by atoms with E-state index in [0.29, 0.717) is 13.1 Å². The van der Waals surface area contributed by atoms with Crippen molar-refractivity contribution in [3.05, 3.63) is 0 Å². The number of hydrogen-bond acceptors (Lipinski definition) is 3. The van der Waals surface area contributed by atoms with Crippen LogP contribution in [-0.4, -0.2) is 47.6 Å². The van der Waals surface area contributed by atoms with E-state index in [1.165, 1.54) is 0 Å². The number of hydrogen-bond donors (Lipinski definition) is 2. The molecule has 0 aromatic heterocycles. The Hall–Kier alpha value is -1.10. The standard InChI is InChI=1S/C15H26N2O3/c1-10(2)13(9-18)16-14(19)11-5-7-17(8-6-11)15(20)12-3-4-12/h10-13,18H,3-9H2,1-2H3,(H,16,19)/t13-/m1/s1. The third-order valence-electron chi connectivity index (χ3n) is 4.43. The zero-order valence-corrected chi connectivity index (χ0v) is 12.5. The minimum Gasteiger partial charge on any atom is -0.394 e. The summed E-state index contributed by atoms with van der Waals surface area (Å²) in [5.74, 6) is 0.766. The van der Waals surface area contributed by atoms with Gasteiger partial charge in [-0.25, -0.2) is 0 Å². The lowest BCUT2D eigenvalue weighted by atomic mass is 9.94. The SMILES string of the molecule is CC(C)[C@@H](CO)NC(=O)C1CCN(C(=O)C2CC2)CC1. The second kappa shape index (κ2) is 6.57. The van der Waals surface area contributed by atoms with Crippen molar-refractivity contribution in [1.82, 2.24) is 10.2 Å². The van der Waals surface area contributed by atoms with Crippen LogP contribution >= 0.6 is 0 Å². The predicted molar refractivity (Wildman–Crippen MR) is 75.9 cm³/mol. The third-order valence-corrected chi connectivity index (χ3v) is 4.43. The van der Waals surface area contributed by atoms with Crippen molar-refractivity contribution < 1.29 is 14.7 Å². The molecule has 2 fully saturated rings. The van der Waals surface area contributed by atoms with Crippen LogP contribution in [0, 0.1) is 17.8 Å². The van der Waals surface area contributed by atoms with E-state index in [9.17, 15) is 14.7 Å². The fourth-order valence-electron chi connectivity index (χ4n) is 2.67. The summed E-state index contributed by atoms with van der Waals surface area (Å²) in [7, 11) is 0. The summed E-state index contributed by atoms with van der Waals surface area (Å²) in [5, 5.41) is 12.2. The number of aliphatic hydroxyl groups is 1. The molecule has 5 heteroatoms. The fourth-order valence-corrected chi connectivity index (χ4v) is 2.67. The molecule has 0 unspecified atom stereocenters. The van der Waals surface area contributed by atoms with Gasteiger partial charge in [-0.2, -0.15) is 0 Å². The predicted octanol–water partition coefficient (Wildman–Crippen LogP) is 0.768. The first-order chi connectivity index (χ1) is 9.52. The maximum Gasteiger partial charge on any atom is 0.225 e. The van der Waals surface area contributed by atoms with Crippen LogP contribution in [0.2, 0.25) is 0 Å². The number of piperidine rings is 1. The smallest absolute Gasteiger partial charge is 0.225 e. The minimum absolute atomic E-state index is 0.0222. The lowest BCUT2D eigenvalue weighted by Crippen LogP contribution is -2.48. The molecule has 114 valence electrons. The molecular formula is C15H26N2O3. The zero-order valence-electron chi connectivity index (χ0n) is 12.5. The van der Waals surface area contributed by atoms with E-state index < -0.39 is 0 Å². The highest BCUT2D eigenvalue weighted by atomic mass is 16.3. The molecule has 5 nitrogen and oxygen atoms in total. The Labute approximate surface area is 120 Å². The van der Waals surface area contributed by atoms with Gasteiger partial charge < -0.3 is 15.3 Å². The summed E-state index contributed by atoms with van der Waals surface area (Å²) in [6.07, 6.45) is 3.54. The topological polar surface area (TPSA) is 69.6 Å². The number of aliphatic hydroxyl groups excluding tert-OH is 1. The maximum atomic E-state index is 12.2. The van der Waals surface area contributed by atoms with Crippen LogP contribution in [0.25, 0.3) is 0 Å². The molecule has 1 heterocycles.